The molecule has 0 bridgehead atoms. The number of benzene rings is 1. The Morgan fingerprint density at radius 3 is 2.79 bits per heavy atom. The molecular weight excluding hydrogens is 308 g/mol. The van der Waals surface area contributed by atoms with Crippen LogP contribution in [0.15, 0.2) is 28.7 Å². The Morgan fingerprint density at radius 2 is 2.11 bits per heavy atom. The van der Waals surface area contributed by atoms with Crippen molar-refractivity contribution >= 4 is 27.5 Å². The van der Waals surface area contributed by atoms with E-state index in [0.29, 0.717) is 13.2 Å². The van der Waals surface area contributed by atoms with Gasteiger partial charge < -0.3 is 10.1 Å². The van der Waals surface area contributed by atoms with Gasteiger partial charge in [-0.05, 0) is 38.1 Å². The number of anilines is 1. The fourth-order valence-corrected chi connectivity index (χ4v) is 2.37. The van der Waals surface area contributed by atoms with Crippen molar-refractivity contribution in [1.29, 1.82) is 0 Å². The number of halogens is 1. The number of nitrogens with zero attached hydrogens (tertiary/aromatic N) is 1. The lowest BCUT2D eigenvalue weighted by Crippen LogP contribution is -2.50. The van der Waals surface area contributed by atoms with Crippen molar-refractivity contribution in [3.05, 3.63) is 28.7 Å². The normalized spacial score (nSPS) is 24.2. The average Bonchev–Trinajstić information content (AvgIpc) is 2.37. The number of rotatable bonds is 3. The van der Waals surface area contributed by atoms with Crippen LogP contribution in [0.2, 0.25) is 0 Å². The lowest BCUT2D eigenvalue weighted by Gasteiger charge is -2.36. The highest BCUT2D eigenvalue weighted by Gasteiger charge is 2.24. The molecule has 2 unspecified atom stereocenters. The fourth-order valence-electron chi connectivity index (χ4n) is 2.11. The number of carbonyl (C=O) groups is 1. The van der Waals surface area contributed by atoms with Gasteiger partial charge in [-0.2, -0.15) is 0 Å². The van der Waals surface area contributed by atoms with Crippen molar-refractivity contribution in [2.45, 2.75) is 26.0 Å². The van der Waals surface area contributed by atoms with E-state index in [1.807, 2.05) is 31.2 Å². The topological polar surface area (TPSA) is 41.6 Å². The molecule has 1 aliphatic rings. The van der Waals surface area contributed by atoms with Crippen molar-refractivity contribution in [2.75, 3.05) is 25.0 Å². The van der Waals surface area contributed by atoms with Gasteiger partial charge in [0.2, 0.25) is 5.91 Å². The molecule has 104 valence electrons. The molecule has 1 heterocycles. The summed E-state index contributed by atoms with van der Waals surface area (Å²) in [5.41, 5.74) is 0.821. The summed E-state index contributed by atoms with van der Waals surface area (Å²) in [5, 5.41) is 2.91. The first kappa shape index (κ1) is 14.5. The third-order valence-electron chi connectivity index (χ3n) is 3.21. The number of carbonyl (C=O) groups excluding carboxylic acids is 1. The molecule has 2 atom stereocenters. The smallest absolute Gasteiger partial charge is 0.238 e. The molecule has 1 aliphatic heterocycles. The van der Waals surface area contributed by atoms with E-state index in [0.717, 1.165) is 16.7 Å². The number of ether oxygens (including phenoxy) is 1. The van der Waals surface area contributed by atoms with E-state index < -0.39 is 0 Å². The van der Waals surface area contributed by atoms with Crippen LogP contribution in [0.4, 0.5) is 5.69 Å². The number of amides is 1. The quantitative estimate of drug-likeness (QED) is 0.927. The molecule has 19 heavy (non-hydrogen) atoms. The molecule has 1 aromatic carbocycles. The number of hydrogen-bond donors (Lipinski definition) is 1. The Kier molecular flexibility index (Phi) is 4.96. The van der Waals surface area contributed by atoms with Crippen molar-refractivity contribution in [3.8, 4) is 0 Å². The lowest BCUT2D eigenvalue weighted by atomic mass is 10.2. The molecule has 0 radical (unpaired) electrons. The Bertz CT molecular complexity index is 436. The average molecular weight is 327 g/mol. The van der Waals surface area contributed by atoms with Crippen LogP contribution in [0.3, 0.4) is 0 Å². The van der Waals surface area contributed by atoms with Crippen molar-refractivity contribution in [1.82, 2.24) is 4.90 Å². The van der Waals surface area contributed by atoms with E-state index in [-0.39, 0.29) is 18.1 Å². The minimum Gasteiger partial charge on any atom is -0.376 e. The zero-order valence-electron chi connectivity index (χ0n) is 11.2. The summed E-state index contributed by atoms with van der Waals surface area (Å²) >= 11 is 3.37. The molecule has 0 saturated carbocycles. The second-order valence-electron chi connectivity index (χ2n) is 4.98. The predicted molar refractivity (Wildman–Crippen MR) is 79.2 cm³/mol. The van der Waals surface area contributed by atoms with Gasteiger partial charge in [0, 0.05) is 22.7 Å². The Morgan fingerprint density at radius 1 is 1.42 bits per heavy atom. The Hall–Kier alpha value is -0.910. The van der Waals surface area contributed by atoms with Crippen LogP contribution >= 0.6 is 15.9 Å². The minimum absolute atomic E-state index is 0.0169. The van der Waals surface area contributed by atoms with Crippen LogP contribution in [0.5, 0.6) is 0 Å². The molecule has 0 aromatic heterocycles. The SMILES string of the molecule is CC1CN(CC(=O)Nc2ccc(Br)cc2)C(C)CO1. The minimum atomic E-state index is 0.0169. The van der Waals surface area contributed by atoms with Gasteiger partial charge in [0.25, 0.3) is 0 Å². The van der Waals surface area contributed by atoms with E-state index >= 15 is 0 Å². The van der Waals surface area contributed by atoms with Gasteiger partial charge in [0.15, 0.2) is 0 Å². The number of morpholine rings is 1. The maximum Gasteiger partial charge on any atom is 0.238 e. The van der Waals surface area contributed by atoms with E-state index in [2.05, 4.69) is 33.1 Å². The van der Waals surface area contributed by atoms with Gasteiger partial charge in [0.1, 0.15) is 0 Å². The molecule has 1 amide bonds. The van der Waals surface area contributed by atoms with Crippen molar-refractivity contribution in [2.24, 2.45) is 0 Å². The van der Waals surface area contributed by atoms with Crippen LogP contribution in [0, 0.1) is 0 Å². The summed E-state index contributed by atoms with van der Waals surface area (Å²) < 4.78 is 6.56. The fraction of sp³-hybridized carbons (Fsp3) is 0.500. The molecule has 5 heteroatoms. The zero-order valence-corrected chi connectivity index (χ0v) is 12.8. The molecule has 2 rings (SSSR count). The van der Waals surface area contributed by atoms with Crippen molar-refractivity contribution in [3.63, 3.8) is 0 Å². The third kappa shape index (κ3) is 4.30. The zero-order chi connectivity index (χ0) is 13.8. The molecule has 0 aliphatic carbocycles. The highest BCUT2D eigenvalue weighted by atomic mass is 79.9. The number of hydrogen-bond acceptors (Lipinski definition) is 3. The second kappa shape index (κ2) is 6.50. The lowest BCUT2D eigenvalue weighted by molar-refractivity contribution is -0.121. The van der Waals surface area contributed by atoms with Gasteiger partial charge >= 0.3 is 0 Å². The van der Waals surface area contributed by atoms with Gasteiger partial charge in [-0.1, -0.05) is 15.9 Å². The van der Waals surface area contributed by atoms with Gasteiger partial charge in [-0.25, -0.2) is 0 Å². The highest BCUT2D eigenvalue weighted by Crippen LogP contribution is 2.15. The molecule has 0 spiro atoms. The molecule has 1 aromatic rings. The summed E-state index contributed by atoms with van der Waals surface area (Å²) in [6.45, 7) is 6.01. The first-order valence-corrected chi connectivity index (χ1v) is 7.25. The monoisotopic (exact) mass is 326 g/mol. The third-order valence-corrected chi connectivity index (χ3v) is 3.74. The van der Waals surface area contributed by atoms with Crippen LogP contribution in [0.1, 0.15) is 13.8 Å². The first-order chi connectivity index (χ1) is 9.04. The molecule has 1 fully saturated rings. The molecule has 1 N–H and O–H groups in total. The summed E-state index contributed by atoms with van der Waals surface area (Å²) in [7, 11) is 0. The van der Waals surface area contributed by atoms with Gasteiger partial charge in [0.05, 0.1) is 19.3 Å². The second-order valence-corrected chi connectivity index (χ2v) is 5.89. The van der Waals surface area contributed by atoms with Crippen LogP contribution in [0.25, 0.3) is 0 Å². The molecule has 1 saturated heterocycles. The van der Waals surface area contributed by atoms with Gasteiger partial charge in [-0.15, -0.1) is 0 Å². The molecular formula is C14H19BrN2O2. The van der Waals surface area contributed by atoms with E-state index in [1.165, 1.54) is 0 Å². The van der Waals surface area contributed by atoms with Gasteiger partial charge in [-0.3, -0.25) is 9.69 Å². The summed E-state index contributed by atoms with van der Waals surface area (Å²) in [4.78, 5) is 14.2. The van der Waals surface area contributed by atoms with Crippen LogP contribution in [-0.2, 0) is 9.53 Å². The van der Waals surface area contributed by atoms with E-state index in [1.54, 1.807) is 0 Å². The standard InChI is InChI=1S/C14H19BrN2O2/c1-10-9-19-11(2)7-17(10)8-14(18)16-13-5-3-12(15)4-6-13/h3-6,10-11H,7-9H2,1-2H3,(H,16,18). The van der Waals surface area contributed by atoms with Crippen molar-refractivity contribution < 1.29 is 9.53 Å². The van der Waals surface area contributed by atoms with E-state index in [4.69, 9.17) is 4.74 Å². The van der Waals surface area contributed by atoms with Crippen LogP contribution in [-0.4, -0.2) is 42.6 Å². The maximum absolute atomic E-state index is 12.0. The summed E-state index contributed by atoms with van der Waals surface area (Å²) in [6.07, 6.45) is 0.191. The Labute approximate surface area is 122 Å². The summed E-state index contributed by atoms with van der Waals surface area (Å²) in [5.74, 6) is 0.0169. The Balaban J connectivity index is 1.88. The maximum atomic E-state index is 12.0. The predicted octanol–water partition coefficient (Wildman–Crippen LogP) is 2.50. The largest absolute Gasteiger partial charge is 0.376 e. The van der Waals surface area contributed by atoms with E-state index in [9.17, 15) is 4.79 Å². The van der Waals surface area contributed by atoms with Crippen LogP contribution < -0.4 is 5.32 Å². The molecule has 4 nitrogen and oxygen atoms in total. The first-order valence-electron chi connectivity index (χ1n) is 6.45. The summed E-state index contributed by atoms with van der Waals surface area (Å²) in [6, 6.07) is 7.87. The highest BCUT2D eigenvalue weighted by molar-refractivity contribution is 9.10. The number of nitrogens with one attached hydrogen (secondary N) is 1.